The van der Waals surface area contributed by atoms with Gasteiger partial charge in [-0.25, -0.2) is 8.42 Å². The third-order valence-corrected chi connectivity index (χ3v) is 6.49. The Morgan fingerprint density at radius 2 is 1.82 bits per heavy atom. The smallest absolute Gasteiger partial charge is 0.383 e. The van der Waals surface area contributed by atoms with Crippen LogP contribution in [0.15, 0.2) is 65.6 Å². The van der Waals surface area contributed by atoms with E-state index < -0.39 is 27.6 Å². The molecule has 206 valence electrons. The number of halogens is 3. The first-order valence-electron chi connectivity index (χ1n) is 11.2. The molecule has 0 aliphatic heterocycles. The van der Waals surface area contributed by atoms with Crippen molar-refractivity contribution >= 4 is 38.8 Å². The fraction of sp³-hybridized carbons (Fsp3) is 0.280. The monoisotopic (exact) mass is 552 g/mol. The van der Waals surface area contributed by atoms with Crippen LogP contribution in [-0.2, 0) is 21.4 Å². The maximum Gasteiger partial charge on any atom is 0.421 e. The summed E-state index contributed by atoms with van der Waals surface area (Å²) in [6.07, 6.45) is -3.17. The number of amidine groups is 1. The molecule has 2 aromatic carbocycles. The van der Waals surface area contributed by atoms with Crippen molar-refractivity contribution in [3.8, 4) is 0 Å². The Hall–Kier alpha value is -4.00. The number of rotatable bonds is 10. The van der Waals surface area contributed by atoms with Crippen LogP contribution in [0.2, 0.25) is 0 Å². The van der Waals surface area contributed by atoms with Gasteiger partial charge in [0.15, 0.2) is 0 Å². The molecule has 0 saturated carbocycles. The van der Waals surface area contributed by atoms with Crippen LogP contribution in [0, 0.1) is 13.8 Å². The number of amides is 1. The molecule has 0 aromatic heterocycles. The van der Waals surface area contributed by atoms with Crippen molar-refractivity contribution in [1.82, 2.24) is 5.32 Å². The highest BCUT2D eigenvalue weighted by atomic mass is 32.2. The molecular formula is C25H31F3N6O3S. The second kappa shape index (κ2) is 12.0. The van der Waals surface area contributed by atoms with Gasteiger partial charge in [0, 0.05) is 31.5 Å². The number of carbonyl (C=O) groups is 1. The Labute approximate surface area is 220 Å². The summed E-state index contributed by atoms with van der Waals surface area (Å²) in [5, 5.41) is 7.93. The summed E-state index contributed by atoms with van der Waals surface area (Å²) >= 11 is 0. The molecule has 0 saturated heterocycles. The van der Waals surface area contributed by atoms with Crippen LogP contribution >= 0.6 is 0 Å². The van der Waals surface area contributed by atoms with Crippen LogP contribution in [0.4, 0.5) is 30.2 Å². The molecule has 0 aliphatic carbocycles. The number of nitrogens with zero attached hydrogens (tertiary/aromatic N) is 2. The molecule has 5 N–H and O–H groups in total. The number of hydrogen-bond donors (Lipinski definition) is 4. The molecule has 2 aromatic rings. The Balaban J connectivity index is 2.24. The summed E-state index contributed by atoms with van der Waals surface area (Å²) in [6.45, 7) is 8.29. The summed E-state index contributed by atoms with van der Waals surface area (Å²) in [4.78, 5) is 15.1. The van der Waals surface area contributed by atoms with Gasteiger partial charge in [0.05, 0.1) is 24.3 Å². The predicted octanol–water partition coefficient (Wildman–Crippen LogP) is 4.13. The first-order chi connectivity index (χ1) is 17.5. The second-order valence-corrected chi connectivity index (χ2v) is 10.6. The molecule has 2 rings (SSSR count). The third kappa shape index (κ3) is 8.54. The lowest BCUT2D eigenvalue weighted by atomic mass is 10.1. The van der Waals surface area contributed by atoms with Crippen LogP contribution in [0.1, 0.15) is 23.6 Å². The summed E-state index contributed by atoms with van der Waals surface area (Å²) in [6, 6.07) is 9.85. The minimum atomic E-state index is -4.84. The number of alkyl halides is 3. The first-order valence-corrected chi connectivity index (χ1v) is 13.1. The summed E-state index contributed by atoms with van der Waals surface area (Å²) in [7, 11) is -2.26. The van der Waals surface area contributed by atoms with E-state index in [4.69, 9.17) is 5.73 Å². The average molecular weight is 553 g/mol. The summed E-state index contributed by atoms with van der Waals surface area (Å²) in [5.41, 5.74) is 7.78. The van der Waals surface area contributed by atoms with Crippen LogP contribution in [0.25, 0.3) is 0 Å². The molecule has 13 heteroatoms. The van der Waals surface area contributed by atoms with E-state index in [1.807, 2.05) is 0 Å². The van der Waals surface area contributed by atoms with Crippen molar-refractivity contribution in [3.63, 3.8) is 0 Å². The minimum absolute atomic E-state index is 0.0295. The zero-order chi connectivity index (χ0) is 28.8. The Morgan fingerprint density at radius 1 is 1.16 bits per heavy atom. The zero-order valence-electron chi connectivity index (χ0n) is 21.7. The average Bonchev–Trinajstić information content (AvgIpc) is 2.77. The fourth-order valence-electron chi connectivity index (χ4n) is 3.28. The van der Waals surface area contributed by atoms with Gasteiger partial charge in [-0.05, 0) is 54.8 Å². The number of benzene rings is 2. The van der Waals surface area contributed by atoms with Gasteiger partial charge >= 0.3 is 6.18 Å². The lowest BCUT2D eigenvalue weighted by Crippen LogP contribution is -2.29. The number of nitrogens with one attached hydrogen (secondary N) is 3. The number of aryl methyl sites for hydroxylation is 2. The molecule has 38 heavy (non-hydrogen) atoms. The van der Waals surface area contributed by atoms with Gasteiger partial charge in [-0.3, -0.25) is 14.1 Å². The second-order valence-electron chi connectivity index (χ2n) is 8.58. The molecule has 0 aliphatic rings. The van der Waals surface area contributed by atoms with E-state index in [-0.39, 0.29) is 24.0 Å². The molecule has 0 radical (unpaired) electrons. The number of carbonyl (C=O) groups excluding carboxylic acids is 1. The van der Waals surface area contributed by atoms with Crippen LogP contribution in [0.3, 0.4) is 0 Å². The zero-order valence-corrected chi connectivity index (χ0v) is 22.5. The molecule has 9 nitrogen and oxygen atoms in total. The number of nitrogens with two attached hydrogens (primary N) is 1. The van der Waals surface area contributed by atoms with Crippen molar-refractivity contribution in [2.75, 3.05) is 28.2 Å². The van der Waals surface area contributed by atoms with Crippen LogP contribution in [0.5, 0.6) is 0 Å². The molecule has 0 unspecified atom stereocenters. The van der Waals surface area contributed by atoms with E-state index in [0.717, 1.165) is 21.7 Å². The Morgan fingerprint density at radius 3 is 2.37 bits per heavy atom. The number of hydrogen-bond acceptors (Lipinski definition) is 6. The molecule has 0 fully saturated rings. The molecule has 1 amide bonds. The largest absolute Gasteiger partial charge is 0.421 e. The molecule has 0 bridgehead atoms. The highest BCUT2D eigenvalue weighted by molar-refractivity contribution is 7.92. The van der Waals surface area contributed by atoms with Gasteiger partial charge in [0.1, 0.15) is 11.4 Å². The van der Waals surface area contributed by atoms with E-state index in [2.05, 4.69) is 27.5 Å². The van der Waals surface area contributed by atoms with Crippen LogP contribution in [-0.4, -0.2) is 39.6 Å². The molecule has 0 atom stereocenters. The fourth-order valence-corrected chi connectivity index (χ4v) is 3.80. The van der Waals surface area contributed by atoms with Gasteiger partial charge in [-0.1, -0.05) is 18.7 Å². The minimum Gasteiger partial charge on any atom is -0.383 e. The molecule has 0 spiro atoms. The van der Waals surface area contributed by atoms with Gasteiger partial charge in [-0.2, -0.15) is 13.2 Å². The maximum atomic E-state index is 13.8. The quantitative estimate of drug-likeness (QED) is 0.259. The van der Waals surface area contributed by atoms with Gasteiger partial charge in [0.25, 0.3) is 0 Å². The van der Waals surface area contributed by atoms with Crippen molar-refractivity contribution in [3.05, 3.63) is 77.3 Å². The lowest BCUT2D eigenvalue weighted by molar-refractivity contribution is -0.114. The first kappa shape index (κ1) is 30.2. The number of sulfonamides is 1. The van der Waals surface area contributed by atoms with Crippen molar-refractivity contribution in [1.29, 1.82) is 0 Å². The predicted molar refractivity (Wildman–Crippen MR) is 145 cm³/mol. The highest BCUT2D eigenvalue weighted by Crippen LogP contribution is 2.27. The van der Waals surface area contributed by atoms with E-state index >= 15 is 0 Å². The SMILES string of the molecule is C=C(NC=C(C(N)=NCc1ccc(C)cc1N(C)S(C)(=O)=O)C(F)(F)F)Nc1ccc(NC(C)=O)c(C)c1. The van der Waals surface area contributed by atoms with Crippen molar-refractivity contribution < 1.29 is 26.4 Å². The highest BCUT2D eigenvalue weighted by Gasteiger charge is 2.36. The van der Waals surface area contributed by atoms with Gasteiger partial charge in [0.2, 0.25) is 15.9 Å². The van der Waals surface area contributed by atoms with E-state index in [9.17, 15) is 26.4 Å². The standard InChI is InChI=1S/C25H31F3N6O3S/c1-15-7-8-19(23(11-15)34(5)38(6,36)37)13-31-24(29)21(25(26,27)28)14-30-17(3)32-20-9-10-22(16(2)12-20)33-18(4)35/h7-12,14,30,32H,3,13H2,1-2,4-6H3,(H2,29,31)(H,33,35). The Kier molecular flexibility index (Phi) is 9.57. The number of aliphatic imine (C=N–C) groups is 1. The van der Waals surface area contributed by atoms with E-state index in [1.165, 1.54) is 14.0 Å². The van der Waals surface area contributed by atoms with E-state index in [0.29, 0.717) is 23.1 Å². The van der Waals surface area contributed by atoms with Gasteiger partial charge < -0.3 is 21.7 Å². The summed E-state index contributed by atoms with van der Waals surface area (Å²) < 4.78 is 66.3. The third-order valence-electron chi connectivity index (χ3n) is 5.30. The Bertz CT molecular complexity index is 1390. The normalized spacial score (nSPS) is 12.6. The van der Waals surface area contributed by atoms with E-state index in [1.54, 1.807) is 50.2 Å². The maximum absolute atomic E-state index is 13.8. The van der Waals surface area contributed by atoms with Crippen molar-refractivity contribution in [2.24, 2.45) is 10.7 Å². The topological polar surface area (TPSA) is 129 Å². The molecule has 0 heterocycles. The lowest BCUT2D eigenvalue weighted by Gasteiger charge is -2.20. The molecular weight excluding hydrogens is 521 g/mol. The van der Waals surface area contributed by atoms with Crippen molar-refractivity contribution in [2.45, 2.75) is 33.5 Å². The number of anilines is 3. The van der Waals surface area contributed by atoms with Crippen LogP contribution < -0.4 is 26.0 Å². The van der Waals surface area contributed by atoms with Gasteiger partial charge in [-0.15, -0.1) is 0 Å². The summed E-state index contributed by atoms with van der Waals surface area (Å²) in [5.74, 6) is -0.992.